The molecule has 1 heterocycles. The van der Waals surface area contributed by atoms with Gasteiger partial charge >= 0.3 is 0 Å². The Labute approximate surface area is 95.7 Å². The van der Waals surface area contributed by atoms with Crippen molar-refractivity contribution in [1.29, 1.82) is 0 Å². The number of hydrogen-bond acceptors (Lipinski definition) is 4. The fraction of sp³-hybridized carbons (Fsp3) is 0.900. The highest BCUT2D eigenvalue weighted by Crippen LogP contribution is 2.09. The Kier molecular flexibility index (Phi) is 6.05. The summed E-state index contributed by atoms with van der Waals surface area (Å²) in [6, 6.07) is 0.0105. The van der Waals surface area contributed by atoms with Crippen LogP contribution in [0.1, 0.15) is 6.42 Å². The normalized spacial score (nSPS) is 21.3. The molecule has 4 nitrogen and oxygen atoms in total. The fourth-order valence-electron chi connectivity index (χ4n) is 1.55. The Morgan fingerprint density at radius 1 is 1.67 bits per heavy atom. The first-order chi connectivity index (χ1) is 7.25. The van der Waals surface area contributed by atoms with Gasteiger partial charge in [0.1, 0.15) is 0 Å². The maximum absolute atomic E-state index is 11.9. The van der Waals surface area contributed by atoms with Crippen molar-refractivity contribution in [2.45, 2.75) is 12.5 Å². The molecule has 1 N–H and O–H groups in total. The van der Waals surface area contributed by atoms with E-state index in [1.54, 1.807) is 12.0 Å². The molecule has 0 spiro atoms. The van der Waals surface area contributed by atoms with Crippen molar-refractivity contribution >= 4 is 17.7 Å². The van der Waals surface area contributed by atoms with Gasteiger partial charge in [0.15, 0.2) is 0 Å². The SMILES string of the molecule is COCCCN(C)C(=O)C1CSCCN1. The minimum atomic E-state index is 0.0105. The van der Waals surface area contributed by atoms with Crippen LogP contribution in [0.4, 0.5) is 0 Å². The van der Waals surface area contributed by atoms with E-state index in [1.807, 2.05) is 18.8 Å². The van der Waals surface area contributed by atoms with E-state index in [4.69, 9.17) is 4.74 Å². The number of ether oxygens (including phenoxy) is 1. The Hall–Kier alpha value is -0.260. The summed E-state index contributed by atoms with van der Waals surface area (Å²) < 4.78 is 4.96. The number of carbonyl (C=O) groups excluding carboxylic acids is 1. The number of nitrogens with one attached hydrogen (secondary N) is 1. The van der Waals surface area contributed by atoms with Crippen LogP contribution in [0.3, 0.4) is 0 Å². The minimum absolute atomic E-state index is 0.0105. The third-order valence-electron chi connectivity index (χ3n) is 2.44. The van der Waals surface area contributed by atoms with Crippen molar-refractivity contribution in [2.24, 2.45) is 0 Å². The number of rotatable bonds is 5. The van der Waals surface area contributed by atoms with E-state index in [1.165, 1.54) is 0 Å². The molecule has 1 saturated heterocycles. The predicted octanol–water partition coefficient (Wildman–Crippen LogP) is 0.186. The largest absolute Gasteiger partial charge is 0.385 e. The summed E-state index contributed by atoms with van der Waals surface area (Å²) in [5.74, 6) is 2.21. The molecule has 15 heavy (non-hydrogen) atoms. The summed E-state index contributed by atoms with van der Waals surface area (Å²) in [5.41, 5.74) is 0. The van der Waals surface area contributed by atoms with Gasteiger partial charge in [0.25, 0.3) is 0 Å². The third-order valence-corrected chi connectivity index (χ3v) is 3.50. The highest BCUT2D eigenvalue weighted by Gasteiger charge is 2.23. The maximum atomic E-state index is 11.9. The van der Waals surface area contributed by atoms with Crippen molar-refractivity contribution in [3.8, 4) is 0 Å². The predicted molar refractivity (Wildman–Crippen MR) is 63.2 cm³/mol. The smallest absolute Gasteiger partial charge is 0.240 e. The van der Waals surface area contributed by atoms with Crippen molar-refractivity contribution < 1.29 is 9.53 Å². The summed E-state index contributed by atoms with van der Waals surface area (Å²) in [6.45, 7) is 2.42. The molecule has 1 atom stereocenters. The minimum Gasteiger partial charge on any atom is -0.385 e. The molecular weight excluding hydrogens is 212 g/mol. The van der Waals surface area contributed by atoms with E-state index >= 15 is 0 Å². The van der Waals surface area contributed by atoms with Gasteiger partial charge < -0.3 is 15.0 Å². The molecule has 5 heteroatoms. The number of amides is 1. The van der Waals surface area contributed by atoms with E-state index in [9.17, 15) is 4.79 Å². The molecule has 0 bridgehead atoms. The molecule has 1 aliphatic heterocycles. The zero-order valence-corrected chi connectivity index (χ0v) is 10.3. The Bertz CT molecular complexity index is 196. The second kappa shape index (κ2) is 7.09. The summed E-state index contributed by atoms with van der Waals surface area (Å²) in [5, 5.41) is 3.25. The lowest BCUT2D eigenvalue weighted by Crippen LogP contribution is -2.49. The van der Waals surface area contributed by atoms with Gasteiger partial charge in [-0.25, -0.2) is 0 Å². The molecule has 0 aromatic carbocycles. The van der Waals surface area contributed by atoms with Gasteiger partial charge in [-0.3, -0.25) is 4.79 Å². The molecule has 0 aromatic heterocycles. The molecule has 1 unspecified atom stereocenters. The number of thioether (sulfide) groups is 1. The summed E-state index contributed by atoms with van der Waals surface area (Å²) in [6.07, 6.45) is 0.901. The van der Waals surface area contributed by atoms with Gasteiger partial charge in [-0.2, -0.15) is 11.8 Å². The van der Waals surface area contributed by atoms with Gasteiger partial charge in [-0.15, -0.1) is 0 Å². The number of likely N-dealkylation sites (N-methyl/N-ethyl adjacent to an activating group) is 1. The van der Waals surface area contributed by atoms with E-state index < -0.39 is 0 Å². The zero-order chi connectivity index (χ0) is 11.1. The molecule has 0 aliphatic carbocycles. The zero-order valence-electron chi connectivity index (χ0n) is 9.49. The lowest BCUT2D eigenvalue weighted by atomic mass is 10.2. The molecule has 88 valence electrons. The van der Waals surface area contributed by atoms with Crippen LogP contribution in [-0.4, -0.2) is 62.2 Å². The van der Waals surface area contributed by atoms with Crippen LogP contribution in [0.5, 0.6) is 0 Å². The van der Waals surface area contributed by atoms with E-state index in [0.29, 0.717) is 6.61 Å². The van der Waals surface area contributed by atoms with E-state index in [0.717, 1.165) is 31.0 Å². The lowest BCUT2D eigenvalue weighted by Gasteiger charge is -2.27. The molecule has 0 radical (unpaired) electrons. The molecule has 0 aromatic rings. The van der Waals surface area contributed by atoms with Crippen LogP contribution in [0, 0.1) is 0 Å². The van der Waals surface area contributed by atoms with Crippen LogP contribution in [-0.2, 0) is 9.53 Å². The van der Waals surface area contributed by atoms with Crippen molar-refractivity contribution in [3.05, 3.63) is 0 Å². The van der Waals surface area contributed by atoms with Crippen LogP contribution in [0.2, 0.25) is 0 Å². The first kappa shape index (κ1) is 12.8. The van der Waals surface area contributed by atoms with Gasteiger partial charge in [0.05, 0.1) is 6.04 Å². The Balaban J connectivity index is 2.24. The van der Waals surface area contributed by atoms with Gasteiger partial charge in [0, 0.05) is 45.4 Å². The van der Waals surface area contributed by atoms with Crippen molar-refractivity contribution in [1.82, 2.24) is 10.2 Å². The highest BCUT2D eigenvalue weighted by atomic mass is 32.2. The Morgan fingerprint density at radius 2 is 2.47 bits per heavy atom. The average molecular weight is 232 g/mol. The fourth-order valence-corrected chi connectivity index (χ4v) is 2.47. The second-order valence-electron chi connectivity index (χ2n) is 3.69. The van der Waals surface area contributed by atoms with E-state index in [-0.39, 0.29) is 11.9 Å². The van der Waals surface area contributed by atoms with E-state index in [2.05, 4.69) is 5.32 Å². The first-order valence-electron chi connectivity index (χ1n) is 5.30. The highest BCUT2D eigenvalue weighted by molar-refractivity contribution is 7.99. The summed E-state index contributed by atoms with van der Waals surface area (Å²) in [4.78, 5) is 13.7. The molecular formula is C10H20N2O2S. The first-order valence-corrected chi connectivity index (χ1v) is 6.46. The van der Waals surface area contributed by atoms with Crippen LogP contribution < -0.4 is 5.32 Å². The number of methoxy groups -OCH3 is 1. The molecule has 1 aliphatic rings. The lowest BCUT2D eigenvalue weighted by molar-refractivity contribution is -0.131. The third kappa shape index (κ3) is 4.40. The average Bonchev–Trinajstić information content (AvgIpc) is 2.29. The van der Waals surface area contributed by atoms with Crippen molar-refractivity contribution in [2.75, 3.05) is 45.4 Å². The molecule has 1 rings (SSSR count). The van der Waals surface area contributed by atoms with Crippen LogP contribution >= 0.6 is 11.8 Å². The molecule has 1 fully saturated rings. The summed E-state index contributed by atoms with van der Waals surface area (Å²) >= 11 is 1.84. The second-order valence-corrected chi connectivity index (χ2v) is 4.84. The topological polar surface area (TPSA) is 41.6 Å². The quantitative estimate of drug-likeness (QED) is 0.687. The molecule has 0 saturated carbocycles. The number of carbonyl (C=O) groups is 1. The van der Waals surface area contributed by atoms with Crippen LogP contribution in [0.15, 0.2) is 0 Å². The number of hydrogen-bond donors (Lipinski definition) is 1. The number of nitrogens with zero attached hydrogens (tertiary/aromatic N) is 1. The summed E-state index contributed by atoms with van der Waals surface area (Å²) in [7, 11) is 3.54. The standard InChI is InChI=1S/C10H20N2O2S/c1-12(5-3-6-14-2)10(13)9-8-15-7-4-11-9/h9,11H,3-8H2,1-2H3. The van der Waals surface area contributed by atoms with Gasteiger partial charge in [0.2, 0.25) is 5.91 Å². The van der Waals surface area contributed by atoms with Crippen LogP contribution in [0.25, 0.3) is 0 Å². The maximum Gasteiger partial charge on any atom is 0.240 e. The van der Waals surface area contributed by atoms with Gasteiger partial charge in [-0.1, -0.05) is 0 Å². The van der Waals surface area contributed by atoms with Gasteiger partial charge in [-0.05, 0) is 6.42 Å². The van der Waals surface area contributed by atoms with Crippen molar-refractivity contribution in [3.63, 3.8) is 0 Å². The molecule has 1 amide bonds. The monoisotopic (exact) mass is 232 g/mol. The Morgan fingerprint density at radius 3 is 3.07 bits per heavy atom.